The van der Waals surface area contributed by atoms with Gasteiger partial charge >= 0.3 is 5.97 Å². The Labute approximate surface area is 194 Å². The van der Waals surface area contributed by atoms with Crippen molar-refractivity contribution in [1.29, 1.82) is 0 Å². The number of ether oxygens (including phenoxy) is 1. The zero-order chi connectivity index (χ0) is 23.0. The van der Waals surface area contributed by atoms with Crippen LogP contribution in [0.2, 0.25) is 0 Å². The van der Waals surface area contributed by atoms with Crippen molar-refractivity contribution in [3.05, 3.63) is 57.8 Å². The predicted molar refractivity (Wildman–Crippen MR) is 123 cm³/mol. The molecule has 0 bridgehead atoms. The minimum atomic E-state index is -0.988. The first kappa shape index (κ1) is 22.5. The average molecular weight is 473 g/mol. The van der Waals surface area contributed by atoms with Crippen molar-refractivity contribution in [1.82, 2.24) is 9.80 Å². The van der Waals surface area contributed by atoms with Crippen molar-refractivity contribution in [2.75, 3.05) is 18.8 Å². The summed E-state index contributed by atoms with van der Waals surface area (Å²) in [5, 5.41) is 3.89. The van der Waals surface area contributed by atoms with Gasteiger partial charge in [-0.2, -0.15) is 11.3 Å². The number of rotatable bonds is 4. The molecule has 0 radical (unpaired) electrons. The molecule has 3 heterocycles. The number of thiophene rings is 1. The van der Waals surface area contributed by atoms with Crippen LogP contribution in [0.15, 0.2) is 41.1 Å². The maximum atomic E-state index is 13.6. The Hall–Kier alpha value is -2.65. The molecule has 2 atom stereocenters. The molecule has 2 aliphatic rings. The molecule has 0 N–H and O–H groups in total. The zero-order valence-corrected chi connectivity index (χ0v) is 19.7. The van der Waals surface area contributed by atoms with Gasteiger partial charge in [-0.3, -0.25) is 24.1 Å². The monoisotopic (exact) mass is 472 g/mol. The molecule has 2 aromatic rings. The maximum Gasteiger partial charge on any atom is 0.326 e. The third-order valence-corrected chi connectivity index (χ3v) is 7.26. The van der Waals surface area contributed by atoms with E-state index >= 15 is 0 Å². The van der Waals surface area contributed by atoms with E-state index in [1.807, 2.05) is 16.8 Å². The lowest BCUT2D eigenvalue weighted by Gasteiger charge is -2.29. The summed E-state index contributed by atoms with van der Waals surface area (Å²) < 4.78 is 5.42. The third-order valence-electron chi connectivity index (χ3n) is 5.23. The van der Waals surface area contributed by atoms with E-state index in [0.717, 1.165) is 10.5 Å². The molecule has 3 amide bonds. The number of benzene rings is 1. The fraction of sp³-hybridized carbons (Fsp3) is 0.391. The molecule has 0 saturated carbocycles. The Kier molecular flexibility index (Phi) is 6.13. The lowest BCUT2D eigenvalue weighted by atomic mass is 10.1. The first-order valence-corrected chi connectivity index (χ1v) is 12.3. The number of amides is 3. The summed E-state index contributed by atoms with van der Waals surface area (Å²) in [6, 6.07) is 7.57. The van der Waals surface area contributed by atoms with E-state index in [9.17, 15) is 19.2 Å². The highest BCUT2D eigenvalue weighted by Crippen LogP contribution is 2.37. The molecule has 1 fully saturated rings. The van der Waals surface area contributed by atoms with Crippen LogP contribution in [-0.2, 0) is 14.3 Å². The van der Waals surface area contributed by atoms with Gasteiger partial charge in [0.2, 0.25) is 5.91 Å². The smallest absolute Gasteiger partial charge is 0.326 e. The average Bonchev–Trinajstić information content (AvgIpc) is 3.30. The Morgan fingerprint density at radius 2 is 1.75 bits per heavy atom. The molecule has 0 aliphatic carbocycles. The normalized spacial score (nSPS) is 21.5. The van der Waals surface area contributed by atoms with E-state index < -0.39 is 35.3 Å². The van der Waals surface area contributed by atoms with Crippen LogP contribution in [0.4, 0.5) is 0 Å². The molecular weight excluding hydrogens is 448 g/mol. The van der Waals surface area contributed by atoms with E-state index in [4.69, 9.17) is 4.74 Å². The molecule has 9 heteroatoms. The summed E-state index contributed by atoms with van der Waals surface area (Å²) in [6.07, 6.45) is 0. The van der Waals surface area contributed by atoms with Gasteiger partial charge in [-0.1, -0.05) is 12.1 Å². The summed E-state index contributed by atoms with van der Waals surface area (Å²) in [6.45, 7) is 5.35. The molecule has 1 aromatic heterocycles. The molecule has 168 valence electrons. The number of esters is 1. The standard InChI is InChI=1S/C23H24N2O5S2/c1-23(2,3)30-19(26)11-24-10-18(14-8-9-31-12-14)32-13-17(22(24)29)25-20(27)15-6-4-5-7-16(15)21(25)28/h4-9,12,17-18H,10-11,13H2,1-3H3. The van der Waals surface area contributed by atoms with Gasteiger partial charge < -0.3 is 9.64 Å². The van der Waals surface area contributed by atoms with Gasteiger partial charge in [0.25, 0.3) is 11.8 Å². The lowest BCUT2D eigenvalue weighted by Crippen LogP contribution is -2.52. The zero-order valence-electron chi connectivity index (χ0n) is 18.1. The minimum absolute atomic E-state index is 0.0761. The Bertz CT molecular complexity index is 1030. The molecule has 7 nitrogen and oxygen atoms in total. The van der Waals surface area contributed by atoms with E-state index in [1.54, 1.807) is 56.4 Å². The van der Waals surface area contributed by atoms with Crippen molar-refractivity contribution < 1.29 is 23.9 Å². The molecule has 32 heavy (non-hydrogen) atoms. The molecule has 4 rings (SSSR count). The van der Waals surface area contributed by atoms with E-state index in [-0.39, 0.29) is 17.5 Å². The van der Waals surface area contributed by atoms with Gasteiger partial charge in [-0.05, 0) is 55.3 Å². The van der Waals surface area contributed by atoms with Gasteiger partial charge in [0.1, 0.15) is 18.2 Å². The maximum absolute atomic E-state index is 13.6. The van der Waals surface area contributed by atoms with Gasteiger partial charge in [-0.15, -0.1) is 11.8 Å². The molecule has 0 spiro atoms. The van der Waals surface area contributed by atoms with Crippen LogP contribution in [0.25, 0.3) is 0 Å². The van der Waals surface area contributed by atoms with E-state index in [0.29, 0.717) is 17.7 Å². The van der Waals surface area contributed by atoms with Gasteiger partial charge in [-0.25, -0.2) is 0 Å². The summed E-state index contributed by atoms with van der Waals surface area (Å²) in [5.41, 5.74) is 0.959. The number of hydrogen-bond donors (Lipinski definition) is 0. The Morgan fingerprint density at radius 1 is 1.09 bits per heavy atom. The highest BCUT2D eigenvalue weighted by Gasteiger charge is 2.46. The van der Waals surface area contributed by atoms with Gasteiger partial charge in [0.05, 0.1) is 11.1 Å². The van der Waals surface area contributed by atoms with E-state index in [1.165, 1.54) is 16.7 Å². The van der Waals surface area contributed by atoms with Crippen LogP contribution in [0, 0.1) is 0 Å². The molecular formula is C23H24N2O5S2. The third kappa shape index (κ3) is 4.45. The SMILES string of the molecule is CC(C)(C)OC(=O)CN1CC(c2ccsc2)SCC(N2C(=O)c3ccccc3C2=O)C1=O. The number of nitrogens with zero attached hydrogens (tertiary/aromatic N) is 2. The number of carbonyl (C=O) groups is 4. The van der Waals surface area contributed by atoms with Crippen molar-refractivity contribution in [3.8, 4) is 0 Å². The van der Waals surface area contributed by atoms with Crippen LogP contribution in [0.5, 0.6) is 0 Å². The number of carbonyl (C=O) groups excluding carboxylic acids is 4. The lowest BCUT2D eigenvalue weighted by molar-refractivity contribution is -0.159. The first-order valence-electron chi connectivity index (χ1n) is 10.3. The van der Waals surface area contributed by atoms with Crippen LogP contribution in [0.3, 0.4) is 0 Å². The van der Waals surface area contributed by atoms with E-state index in [2.05, 4.69) is 0 Å². The summed E-state index contributed by atoms with van der Waals surface area (Å²) >= 11 is 3.07. The van der Waals surface area contributed by atoms with Crippen LogP contribution < -0.4 is 0 Å². The largest absolute Gasteiger partial charge is 0.459 e. The molecule has 1 saturated heterocycles. The van der Waals surface area contributed by atoms with Crippen LogP contribution in [-0.4, -0.2) is 64.0 Å². The van der Waals surface area contributed by atoms with Crippen molar-refractivity contribution in [2.24, 2.45) is 0 Å². The summed E-state index contributed by atoms with van der Waals surface area (Å²) in [4.78, 5) is 54.6. The minimum Gasteiger partial charge on any atom is -0.459 e. The van der Waals surface area contributed by atoms with Gasteiger partial charge in [0.15, 0.2) is 0 Å². The summed E-state index contributed by atoms with van der Waals surface area (Å²) in [5.74, 6) is -1.64. The molecule has 1 aromatic carbocycles. The van der Waals surface area contributed by atoms with Crippen molar-refractivity contribution in [2.45, 2.75) is 37.7 Å². The fourth-order valence-corrected chi connectivity index (χ4v) is 5.97. The molecule has 2 aliphatic heterocycles. The Morgan fingerprint density at radius 3 is 2.31 bits per heavy atom. The predicted octanol–water partition coefficient (Wildman–Crippen LogP) is 3.37. The molecule has 2 unspecified atom stereocenters. The number of fused-ring (bicyclic) bond motifs is 1. The second-order valence-corrected chi connectivity index (χ2v) is 10.7. The Balaban J connectivity index is 1.63. The fourth-order valence-electron chi connectivity index (χ4n) is 3.84. The summed E-state index contributed by atoms with van der Waals surface area (Å²) in [7, 11) is 0. The highest BCUT2D eigenvalue weighted by atomic mass is 32.2. The quantitative estimate of drug-likeness (QED) is 0.501. The number of hydrogen-bond acceptors (Lipinski definition) is 7. The number of imide groups is 1. The number of thioether (sulfide) groups is 1. The van der Waals surface area contributed by atoms with Crippen molar-refractivity contribution >= 4 is 46.8 Å². The van der Waals surface area contributed by atoms with Crippen LogP contribution >= 0.6 is 23.1 Å². The van der Waals surface area contributed by atoms with Crippen molar-refractivity contribution in [3.63, 3.8) is 0 Å². The highest BCUT2D eigenvalue weighted by molar-refractivity contribution is 7.99. The second kappa shape index (κ2) is 8.71. The van der Waals surface area contributed by atoms with Crippen LogP contribution in [0.1, 0.15) is 52.3 Å². The van der Waals surface area contributed by atoms with Gasteiger partial charge in [0, 0.05) is 17.5 Å². The second-order valence-electron chi connectivity index (χ2n) is 8.73. The first-order chi connectivity index (χ1) is 15.2. The topological polar surface area (TPSA) is 84.0 Å².